The number of amides is 2. The Morgan fingerprint density at radius 1 is 0.500 bits per heavy atom. The van der Waals surface area contributed by atoms with Crippen LogP contribution in [0.25, 0.3) is 0 Å². The van der Waals surface area contributed by atoms with Gasteiger partial charge in [0.25, 0.3) is 0 Å². The van der Waals surface area contributed by atoms with Crippen molar-refractivity contribution in [1.82, 2.24) is 20.4 Å². The molecule has 2 fully saturated rings. The number of nitrogens with zero attached hydrogens (tertiary/aromatic N) is 2. The summed E-state index contributed by atoms with van der Waals surface area (Å²) in [6, 6.07) is 0. The molecular formula is C44H82N4O8. The molecule has 2 saturated heterocycles. The second kappa shape index (κ2) is 32.4. The van der Waals surface area contributed by atoms with E-state index in [2.05, 4.69) is 48.1 Å². The average Bonchev–Trinajstić information content (AvgIpc) is 3.93. The number of alkyl carbamates (subject to hydrolysis) is 2. The van der Waals surface area contributed by atoms with Crippen molar-refractivity contribution in [3.63, 3.8) is 0 Å². The van der Waals surface area contributed by atoms with E-state index in [0.717, 1.165) is 103 Å². The molecule has 2 aliphatic heterocycles. The number of carbonyl (C=O) groups is 4. The molecule has 12 nitrogen and oxygen atoms in total. The monoisotopic (exact) mass is 795 g/mol. The van der Waals surface area contributed by atoms with Crippen LogP contribution in [0.3, 0.4) is 0 Å². The summed E-state index contributed by atoms with van der Waals surface area (Å²) >= 11 is 0. The third-order valence-corrected chi connectivity index (χ3v) is 11.5. The van der Waals surface area contributed by atoms with Crippen LogP contribution in [0.2, 0.25) is 0 Å². The van der Waals surface area contributed by atoms with Crippen molar-refractivity contribution in [3.8, 4) is 0 Å². The van der Waals surface area contributed by atoms with E-state index in [1.54, 1.807) is 0 Å². The number of likely N-dealkylation sites (tertiary alicyclic amines) is 2. The van der Waals surface area contributed by atoms with Crippen molar-refractivity contribution in [3.05, 3.63) is 0 Å². The van der Waals surface area contributed by atoms with Gasteiger partial charge in [-0.05, 0) is 128 Å². The Labute approximate surface area is 340 Å². The topological polar surface area (TPSA) is 136 Å². The Bertz CT molecular complexity index is 957. The van der Waals surface area contributed by atoms with E-state index in [4.69, 9.17) is 18.9 Å². The molecule has 12 heteroatoms. The minimum atomic E-state index is -1.82. The number of hydrogen-bond acceptors (Lipinski definition) is 10. The predicted octanol–water partition coefficient (Wildman–Crippen LogP) is 8.79. The predicted molar refractivity (Wildman–Crippen MR) is 223 cm³/mol. The molecule has 2 N–H and O–H groups in total. The van der Waals surface area contributed by atoms with Crippen molar-refractivity contribution < 1.29 is 38.1 Å². The van der Waals surface area contributed by atoms with Gasteiger partial charge in [-0.25, -0.2) is 19.2 Å². The Morgan fingerprint density at radius 3 is 1.23 bits per heavy atom. The summed E-state index contributed by atoms with van der Waals surface area (Å²) < 4.78 is 22.4. The molecule has 2 aliphatic rings. The van der Waals surface area contributed by atoms with Gasteiger partial charge in [0.1, 0.15) is 0 Å². The van der Waals surface area contributed by atoms with E-state index in [1.165, 1.54) is 64.2 Å². The van der Waals surface area contributed by atoms with Gasteiger partial charge in [-0.2, -0.15) is 0 Å². The second-order valence-electron chi connectivity index (χ2n) is 16.2. The summed E-state index contributed by atoms with van der Waals surface area (Å²) in [6.45, 7) is 16.1. The molecule has 0 spiro atoms. The summed E-state index contributed by atoms with van der Waals surface area (Å²) in [5.41, 5.74) is 0. The van der Waals surface area contributed by atoms with E-state index in [9.17, 15) is 19.2 Å². The lowest BCUT2D eigenvalue weighted by atomic mass is 9.94. The quantitative estimate of drug-likeness (QED) is 0.0377. The van der Waals surface area contributed by atoms with E-state index in [0.29, 0.717) is 37.8 Å². The van der Waals surface area contributed by atoms with Crippen molar-refractivity contribution in [1.29, 1.82) is 0 Å². The largest absolute Gasteiger partial charge is 0.463 e. The van der Waals surface area contributed by atoms with Crippen LogP contribution in [-0.2, 0) is 28.5 Å². The highest BCUT2D eigenvalue weighted by Crippen LogP contribution is 2.21. The highest BCUT2D eigenvalue weighted by Gasteiger charge is 2.43. The van der Waals surface area contributed by atoms with Gasteiger partial charge in [-0.3, -0.25) is 0 Å². The standard InChI is InChI=1S/C44H82N4O8/c1-5-9-23-37(7-3)25-11-21-35-53-41(49)39(55-43(51)45-27-13-15-29-47-31-17-18-32-47)40(42(50)54-36-22-12-26-38(8-4)24-10-6-2)56-44(52)46-28-14-16-30-48-33-19-20-34-48/h37-40H,5-36H2,1-4H3,(H,45,51)(H,46,52). The van der Waals surface area contributed by atoms with Crippen molar-refractivity contribution in [2.75, 3.05) is 65.6 Å². The Balaban J connectivity index is 2.07. The summed E-state index contributed by atoms with van der Waals surface area (Å²) in [6.07, 6.45) is 17.3. The normalized spacial score (nSPS) is 16.9. The third kappa shape index (κ3) is 23.0. The first-order valence-electron chi connectivity index (χ1n) is 23.0. The molecule has 4 atom stereocenters. The summed E-state index contributed by atoms with van der Waals surface area (Å²) in [5, 5.41) is 5.43. The molecule has 2 rings (SSSR count). The summed E-state index contributed by atoms with van der Waals surface area (Å²) in [7, 11) is 0. The molecule has 4 unspecified atom stereocenters. The number of nitrogens with one attached hydrogen (secondary N) is 2. The Hall–Kier alpha value is -2.60. The number of hydrogen-bond donors (Lipinski definition) is 2. The second-order valence-corrected chi connectivity index (χ2v) is 16.2. The van der Waals surface area contributed by atoms with Crippen LogP contribution in [0.5, 0.6) is 0 Å². The zero-order valence-electron chi connectivity index (χ0n) is 36.1. The molecule has 0 aromatic carbocycles. The van der Waals surface area contributed by atoms with Gasteiger partial charge in [0.2, 0.25) is 12.2 Å². The van der Waals surface area contributed by atoms with Gasteiger partial charge in [0.15, 0.2) is 0 Å². The maximum atomic E-state index is 13.7. The van der Waals surface area contributed by atoms with Crippen LogP contribution in [0.1, 0.15) is 169 Å². The average molecular weight is 795 g/mol. The molecule has 56 heavy (non-hydrogen) atoms. The molecule has 0 aliphatic carbocycles. The molecule has 0 radical (unpaired) electrons. The van der Waals surface area contributed by atoms with Gasteiger partial charge in [-0.1, -0.05) is 91.9 Å². The lowest BCUT2D eigenvalue weighted by Gasteiger charge is -2.25. The fourth-order valence-electron chi connectivity index (χ4n) is 7.77. The number of ether oxygens (including phenoxy) is 4. The minimum absolute atomic E-state index is 0.0998. The van der Waals surface area contributed by atoms with Gasteiger partial charge < -0.3 is 39.4 Å². The fraction of sp³-hybridized carbons (Fsp3) is 0.909. The van der Waals surface area contributed by atoms with Crippen LogP contribution < -0.4 is 10.6 Å². The van der Waals surface area contributed by atoms with Crippen molar-refractivity contribution in [2.45, 2.75) is 181 Å². The Kier molecular flexibility index (Phi) is 28.6. The zero-order valence-corrected chi connectivity index (χ0v) is 36.1. The SMILES string of the molecule is CCCCC(CC)CCCCOC(=O)C(OC(=O)NCCCCN1CCCC1)C(OC(=O)NCCCCN1CCCC1)C(=O)OCCCCC(CC)CCCC. The van der Waals surface area contributed by atoms with Crippen molar-refractivity contribution >= 4 is 24.1 Å². The highest BCUT2D eigenvalue weighted by atomic mass is 16.6. The van der Waals surface area contributed by atoms with E-state index >= 15 is 0 Å². The van der Waals surface area contributed by atoms with Crippen molar-refractivity contribution in [2.24, 2.45) is 11.8 Å². The minimum Gasteiger partial charge on any atom is -0.463 e. The summed E-state index contributed by atoms with van der Waals surface area (Å²) in [5.74, 6) is -0.601. The molecule has 0 aromatic rings. The molecule has 0 aromatic heterocycles. The molecule has 0 saturated carbocycles. The first-order valence-corrected chi connectivity index (χ1v) is 23.0. The molecule has 326 valence electrons. The van der Waals surface area contributed by atoms with Crippen LogP contribution in [-0.4, -0.2) is 112 Å². The van der Waals surface area contributed by atoms with Crippen LogP contribution in [0.15, 0.2) is 0 Å². The first kappa shape index (κ1) is 49.5. The van der Waals surface area contributed by atoms with Crippen LogP contribution in [0, 0.1) is 11.8 Å². The molecule has 0 bridgehead atoms. The fourth-order valence-corrected chi connectivity index (χ4v) is 7.77. The van der Waals surface area contributed by atoms with E-state index in [-0.39, 0.29) is 13.2 Å². The third-order valence-electron chi connectivity index (χ3n) is 11.5. The maximum absolute atomic E-state index is 13.7. The number of carbonyl (C=O) groups excluding carboxylic acids is 4. The molecular weight excluding hydrogens is 713 g/mol. The zero-order chi connectivity index (χ0) is 40.6. The highest BCUT2D eigenvalue weighted by molar-refractivity contribution is 5.89. The maximum Gasteiger partial charge on any atom is 0.408 e. The van der Waals surface area contributed by atoms with E-state index < -0.39 is 36.3 Å². The van der Waals surface area contributed by atoms with Crippen LogP contribution >= 0.6 is 0 Å². The lowest BCUT2D eigenvalue weighted by molar-refractivity contribution is -0.173. The number of esters is 2. The Morgan fingerprint density at radius 2 is 0.875 bits per heavy atom. The smallest absolute Gasteiger partial charge is 0.408 e. The molecule has 2 amide bonds. The number of unbranched alkanes of at least 4 members (excludes halogenated alkanes) is 6. The summed E-state index contributed by atoms with van der Waals surface area (Å²) in [4.78, 5) is 58.4. The lowest BCUT2D eigenvalue weighted by Crippen LogP contribution is -2.50. The van der Waals surface area contributed by atoms with Gasteiger partial charge in [0.05, 0.1) is 13.2 Å². The van der Waals surface area contributed by atoms with Gasteiger partial charge in [-0.15, -0.1) is 0 Å². The molecule has 2 heterocycles. The number of rotatable bonds is 33. The van der Waals surface area contributed by atoms with Gasteiger partial charge >= 0.3 is 24.1 Å². The van der Waals surface area contributed by atoms with Crippen LogP contribution in [0.4, 0.5) is 9.59 Å². The van der Waals surface area contributed by atoms with E-state index in [1.807, 2.05) is 0 Å². The first-order chi connectivity index (χ1) is 27.3. The van der Waals surface area contributed by atoms with Gasteiger partial charge in [0, 0.05) is 13.1 Å².